The molecule has 116 valence electrons. The maximum atomic E-state index is 13.2. The van der Waals surface area contributed by atoms with E-state index >= 15 is 0 Å². The summed E-state index contributed by atoms with van der Waals surface area (Å²) < 4.78 is 14.7. The average Bonchev–Trinajstić information content (AvgIpc) is 2.53. The quantitative estimate of drug-likeness (QED) is 0.730. The Kier molecular flexibility index (Phi) is 3.78. The minimum Gasteiger partial charge on any atom is -0.299 e. The van der Waals surface area contributed by atoms with Crippen LogP contribution in [-0.4, -0.2) is 14.5 Å². The first-order valence-electron chi connectivity index (χ1n) is 7.24. The Balaban J connectivity index is 2.35. The lowest BCUT2D eigenvalue weighted by Crippen LogP contribution is -2.23. The molecule has 0 aliphatic carbocycles. The van der Waals surface area contributed by atoms with Crippen LogP contribution in [0.5, 0.6) is 0 Å². The molecule has 0 amide bonds. The molecule has 0 radical (unpaired) electrons. The second kappa shape index (κ2) is 5.76. The van der Waals surface area contributed by atoms with E-state index in [2.05, 4.69) is 9.97 Å². The van der Waals surface area contributed by atoms with Gasteiger partial charge < -0.3 is 0 Å². The molecule has 5 heteroatoms. The van der Waals surface area contributed by atoms with Gasteiger partial charge in [0.1, 0.15) is 11.6 Å². The van der Waals surface area contributed by atoms with Crippen molar-refractivity contribution in [2.75, 3.05) is 0 Å². The Bertz CT molecular complexity index is 930. The van der Waals surface area contributed by atoms with Crippen molar-refractivity contribution in [1.82, 2.24) is 14.5 Å². The standard InChI is InChI=1S/C18H16FN3O/c1-11-10-14(8-9-20-11)17-16(13-4-6-15(19)7-5-13)18(23)22(3)12(2)21-17/h4-10H,1-3H3. The molecule has 0 aliphatic heterocycles. The number of hydrogen-bond acceptors (Lipinski definition) is 3. The number of rotatable bonds is 2. The first-order chi connectivity index (χ1) is 11.0. The summed E-state index contributed by atoms with van der Waals surface area (Å²) in [5.74, 6) is 0.275. The third-order valence-corrected chi connectivity index (χ3v) is 3.82. The average molecular weight is 309 g/mol. The van der Waals surface area contributed by atoms with Gasteiger partial charge in [-0.1, -0.05) is 12.1 Å². The van der Waals surface area contributed by atoms with E-state index < -0.39 is 0 Å². The smallest absolute Gasteiger partial charge is 0.261 e. The van der Waals surface area contributed by atoms with Crippen LogP contribution in [0.4, 0.5) is 4.39 Å². The highest BCUT2D eigenvalue weighted by Gasteiger charge is 2.16. The fourth-order valence-corrected chi connectivity index (χ4v) is 2.49. The van der Waals surface area contributed by atoms with Crippen LogP contribution in [0.25, 0.3) is 22.4 Å². The molecule has 0 N–H and O–H groups in total. The number of halogens is 1. The van der Waals surface area contributed by atoms with Crippen molar-refractivity contribution in [3.8, 4) is 22.4 Å². The zero-order valence-corrected chi connectivity index (χ0v) is 13.2. The van der Waals surface area contributed by atoms with Gasteiger partial charge in [0.05, 0.1) is 11.3 Å². The van der Waals surface area contributed by atoms with E-state index in [0.717, 1.165) is 11.3 Å². The van der Waals surface area contributed by atoms with Gasteiger partial charge in [-0.15, -0.1) is 0 Å². The largest absolute Gasteiger partial charge is 0.299 e. The fraction of sp³-hybridized carbons (Fsp3) is 0.167. The summed E-state index contributed by atoms with van der Waals surface area (Å²) in [5.41, 5.74) is 3.19. The Labute approximate surface area is 133 Å². The first kappa shape index (κ1) is 15.1. The second-order valence-corrected chi connectivity index (χ2v) is 5.44. The molecule has 0 atom stereocenters. The van der Waals surface area contributed by atoms with Crippen LogP contribution in [0.15, 0.2) is 47.4 Å². The number of aryl methyl sites for hydroxylation is 2. The summed E-state index contributed by atoms with van der Waals surface area (Å²) in [4.78, 5) is 21.5. The van der Waals surface area contributed by atoms with E-state index in [0.29, 0.717) is 22.6 Å². The van der Waals surface area contributed by atoms with Gasteiger partial charge in [-0.2, -0.15) is 0 Å². The van der Waals surface area contributed by atoms with Crippen LogP contribution in [0, 0.1) is 19.7 Å². The first-order valence-corrected chi connectivity index (χ1v) is 7.24. The summed E-state index contributed by atoms with van der Waals surface area (Å²) >= 11 is 0. The monoisotopic (exact) mass is 309 g/mol. The van der Waals surface area contributed by atoms with Crippen molar-refractivity contribution in [1.29, 1.82) is 0 Å². The summed E-state index contributed by atoms with van der Waals surface area (Å²) in [7, 11) is 1.68. The zero-order valence-electron chi connectivity index (χ0n) is 13.2. The topological polar surface area (TPSA) is 47.8 Å². The predicted octanol–water partition coefficient (Wildman–Crippen LogP) is 3.27. The molecule has 3 aromatic rings. The summed E-state index contributed by atoms with van der Waals surface area (Å²) in [6.45, 7) is 3.67. The molecule has 2 heterocycles. The molecular weight excluding hydrogens is 293 g/mol. The molecule has 0 saturated heterocycles. The Morgan fingerprint density at radius 2 is 1.74 bits per heavy atom. The molecule has 0 aliphatic rings. The van der Waals surface area contributed by atoms with Gasteiger partial charge in [0, 0.05) is 24.5 Å². The molecule has 0 saturated carbocycles. The summed E-state index contributed by atoms with van der Waals surface area (Å²) in [5, 5.41) is 0. The number of benzene rings is 1. The maximum absolute atomic E-state index is 13.2. The highest BCUT2D eigenvalue weighted by molar-refractivity contribution is 5.80. The number of pyridine rings is 1. The summed E-state index contributed by atoms with van der Waals surface area (Å²) in [6.07, 6.45) is 1.69. The van der Waals surface area contributed by atoms with Gasteiger partial charge in [0.2, 0.25) is 0 Å². The van der Waals surface area contributed by atoms with Gasteiger partial charge in [-0.3, -0.25) is 14.3 Å². The van der Waals surface area contributed by atoms with Crippen LogP contribution >= 0.6 is 0 Å². The van der Waals surface area contributed by atoms with Crippen molar-refractivity contribution in [2.45, 2.75) is 13.8 Å². The van der Waals surface area contributed by atoms with Gasteiger partial charge in [-0.25, -0.2) is 9.37 Å². The molecule has 0 spiro atoms. The summed E-state index contributed by atoms with van der Waals surface area (Å²) in [6, 6.07) is 9.59. The second-order valence-electron chi connectivity index (χ2n) is 5.44. The lowest BCUT2D eigenvalue weighted by Gasteiger charge is -2.13. The van der Waals surface area contributed by atoms with Gasteiger partial charge in [0.15, 0.2) is 0 Å². The van der Waals surface area contributed by atoms with Crippen molar-refractivity contribution < 1.29 is 4.39 Å². The number of nitrogens with zero attached hydrogens (tertiary/aromatic N) is 3. The SMILES string of the molecule is Cc1cc(-c2nc(C)n(C)c(=O)c2-c2ccc(F)cc2)ccn1. The Morgan fingerprint density at radius 1 is 1.04 bits per heavy atom. The molecule has 1 aromatic carbocycles. The zero-order chi connectivity index (χ0) is 16.6. The van der Waals surface area contributed by atoms with Gasteiger partial charge in [0.25, 0.3) is 5.56 Å². The Hall–Kier alpha value is -2.82. The minimum atomic E-state index is -0.341. The normalized spacial score (nSPS) is 10.8. The Morgan fingerprint density at radius 3 is 2.39 bits per heavy atom. The van der Waals surface area contributed by atoms with Gasteiger partial charge >= 0.3 is 0 Å². The van der Waals surface area contributed by atoms with Crippen molar-refractivity contribution in [3.05, 3.63) is 70.3 Å². The fourth-order valence-electron chi connectivity index (χ4n) is 2.49. The molecule has 23 heavy (non-hydrogen) atoms. The van der Waals surface area contributed by atoms with E-state index in [4.69, 9.17) is 0 Å². The third kappa shape index (κ3) is 2.77. The van der Waals surface area contributed by atoms with E-state index in [9.17, 15) is 9.18 Å². The van der Waals surface area contributed by atoms with E-state index in [1.54, 1.807) is 32.3 Å². The lowest BCUT2D eigenvalue weighted by atomic mass is 10.0. The molecule has 2 aromatic heterocycles. The molecule has 4 nitrogen and oxygen atoms in total. The van der Waals surface area contributed by atoms with Gasteiger partial charge in [-0.05, 0) is 43.7 Å². The lowest BCUT2D eigenvalue weighted by molar-refractivity contribution is 0.628. The van der Waals surface area contributed by atoms with Crippen LogP contribution in [-0.2, 0) is 7.05 Å². The maximum Gasteiger partial charge on any atom is 0.261 e. The number of aromatic nitrogens is 3. The highest BCUT2D eigenvalue weighted by atomic mass is 19.1. The molecular formula is C18H16FN3O. The van der Waals surface area contributed by atoms with Crippen molar-refractivity contribution in [2.24, 2.45) is 7.05 Å². The molecule has 3 rings (SSSR count). The van der Waals surface area contributed by atoms with Crippen molar-refractivity contribution >= 4 is 0 Å². The number of hydrogen-bond donors (Lipinski definition) is 0. The van der Waals surface area contributed by atoms with E-state index in [-0.39, 0.29) is 11.4 Å². The molecule has 0 bridgehead atoms. The minimum absolute atomic E-state index is 0.159. The van der Waals surface area contributed by atoms with E-state index in [1.807, 2.05) is 19.1 Å². The van der Waals surface area contributed by atoms with Crippen LogP contribution < -0.4 is 5.56 Å². The van der Waals surface area contributed by atoms with Crippen LogP contribution in [0.1, 0.15) is 11.5 Å². The van der Waals surface area contributed by atoms with Crippen LogP contribution in [0.3, 0.4) is 0 Å². The molecule has 0 fully saturated rings. The molecule has 0 unspecified atom stereocenters. The predicted molar refractivity (Wildman–Crippen MR) is 87.6 cm³/mol. The third-order valence-electron chi connectivity index (χ3n) is 3.82. The van der Waals surface area contributed by atoms with Crippen molar-refractivity contribution in [3.63, 3.8) is 0 Å². The highest BCUT2D eigenvalue weighted by Crippen LogP contribution is 2.28. The van der Waals surface area contributed by atoms with E-state index in [1.165, 1.54) is 16.7 Å². The van der Waals surface area contributed by atoms with Crippen LogP contribution in [0.2, 0.25) is 0 Å².